The zero-order valence-corrected chi connectivity index (χ0v) is 13.1. The predicted molar refractivity (Wildman–Crippen MR) is 79.9 cm³/mol. The van der Waals surface area contributed by atoms with Crippen molar-refractivity contribution in [2.24, 2.45) is 0 Å². The van der Waals surface area contributed by atoms with Crippen LogP contribution in [0.25, 0.3) is 0 Å². The van der Waals surface area contributed by atoms with Crippen LogP contribution in [0.5, 0.6) is 0 Å². The summed E-state index contributed by atoms with van der Waals surface area (Å²) in [6.07, 6.45) is 3.47. The number of hydrogen-bond donors (Lipinski definition) is 1. The Balaban J connectivity index is 0.000000659. The van der Waals surface area contributed by atoms with Crippen LogP contribution in [-0.2, 0) is 19.4 Å². The third-order valence-corrected chi connectivity index (χ3v) is 3.10. The van der Waals surface area contributed by atoms with Crippen molar-refractivity contribution in [2.75, 3.05) is 13.1 Å². The smallest absolute Gasteiger partial charge is 0.0667 e. The van der Waals surface area contributed by atoms with Crippen LogP contribution in [0.1, 0.15) is 64.9 Å². The fourth-order valence-electron chi connectivity index (χ4n) is 2.18. The summed E-state index contributed by atoms with van der Waals surface area (Å²) in [6.45, 7) is 15.9. The van der Waals surface area contributed by atoms with Gasteiger partial charge in [-0.15, -0.1) is 0 Å². The Morgan fingerprint density at radius 2 is 1.83 bits per heavy atom. The molecule has 0 saturated carbocycles. The number of rotatable bonds is 2. The Hall–Kier alpha value is -0.830. The van der Waals surface area contributed by atoms with Crippen LogP contribution in [0.2, 0.25) is 0 Å². The number of nitrogens with zero attached hydrogens (tertiary/aromatic N) is 2. The topological polar surface area (TPSA) is 31.9 Å². The molecule has 3 heteroatoms. The molecule has 0 bridgehead atoms. The van der Waals surface area contributed by atoms with Crippen molar-refractivity contribution in [1.82, 2.24) is 15.1 Å². The highest BCUT2D eigenvalue weighted by molar-refractivity contribution is 5.26. The quantitative estimate of drug-likeness (QED) is 0.869. The molecule has 0 spiro atoms. The molecule has 1 aromatic rings. The second-order valence-corrected chi connectivity index (χ2v) is 3.95. The highest BCUT2D eigenvalue weighted by Gasteiger charge is 2.17. The fraction of sp³-hybridized carbons (Fsp3) is 0.800. The van der Waals surface area contributed by atoms with Crippen LogP contribution in [-0.4, -0.2) is 28.2 Å². The maximum Gasteiger partial charge on any atom is 0.0667 e. The minimum Gasteiger partial charge on any atom is -0.299 e. The van der Waals surface area contributed by atoms with Gasteiger partial charge in [-0.1, -0.05) is 41.5 Å². The van der Waals surface area contributed by atoms with Crippen molar-refractivity contribution < 1.29 is 0 Å². The van der Waals surface area contributed by atoms with Crippen LogP contribution in [0.15, 0.2) is 0 Å². The Morgan fingerprint density at radius 1 is 1.17 bits per heavy atom. The third kappa shape index (κ3) is 4.45. The summed E-state index contributed by atoms with van der Waals surface area (Å²) in [5, 5.41) is 7.56. The van der Waals surface area contributed by atoms with Gasteiger partial charge in [-0.05, 0) is 32.4 Å². The lowest BCUT2D eigenvalue weighted by atomic mass is 10.1. The Kier molecular flexibility index (Phi) is 9.66. The van der Waals surface area contributed by atoms with E-state index < -0.39 is 0 Å². The minimum atomic E-state index is 1.05. The monoisotopic (exact) mass is 253 g/mol. The van der Waals surface area contributed by atoms with Gasteiger partial charge in [-0.3, -0.25) is 10.00 Å². The number of H-pyrrole nitrogens is 1. The lowest BCUT2D eigenvalue weighted by molar-refractivity contribution is 0.283. The van der Waals surface area contributed by atoms with E-state index in [2.05, 4.69) is 28.9 Å². The summed E-state index contributed by atoms with van der Waals surface area (Å²) in [5.41, 5.74) is 4.10. The van der Waals surface area contributed by atoms with Crippen molar-refractivity contribution in [3.8, 4) is 0 Å². The maximum atomic E-state index is 4.38. The molecule has 1 aliphatic rings. The molecule has 0 unspecified atom stereocenters. The zero-order valence-electron chi connectivity index (χ0n) is 13.1. The number of fused-ring (bicyclic) bond motifs is 1. The van der Waals surface area contributed by atoms with Gasteiger partial charge in [-0.25, -0.2) is 0 Å². The normalized spacial score (nSPS) is 14.6. The van der Waals surface area contributed by atoms with Crippen LogP contribution < -0.4 is 0 Å². The molecule has 18 heavy (non-hydrogen) atoms. The first kappa shape index (κ1) is 17.2. The Bertz CT molecular complexity index is 305. The highest BCUT2D eigenvalue weighted by atomic mass is 15.2. The number of nitrogens with one attached hydrogen (secondary N) is 1. The van der Waals surface area contributed by atoms with Gasteiger partial charge in [-0.2, -0.15) is 5.10 Å². The van der Waals surface area contributed by atoms with E-state index in [1.54, 1.807) is 0 Å². The molecular weight excluding hydrogens is 222 g/mol. The van der Waals surface area contributed by atoms with E-state index in [1.807, 2.05) is 27.7 Å². The van der Waals surface area contributed by atoms with Gasteiger partial charge in [0.05, 0.1) is 5.69 Å². The first-order valence-corrected chi connectivity index (χ1v) is 7.62. The predicted octanol–water partition coefficient (Wildman–Crippen LogP) is 3.79. The van der Waals surface area contributed by atoms with Crippen molar-refractivity contribution >= 4 is 0 Å². The standard InChI is InChI=1S/C11H19N3.2C2H6/c1-3-10-9-8-14(4-2)7-5-6-11(9)13-12-10;2*1-2/h3-8H2,1-2H3,(H,12,13);2*1-2H3. The molecule has 0 amide bonds. The highest BCUT2D eigenvalue weighted by Crippen LogP contribution is 2.19. The molecule has 106 valence electrons. The first-order valence-electron chi connectivity index (χ1n) is 7.62. The van der Waals surface area contributed by atoms with E-state index in [0.717, 1.165) is 19.5 Å². The fourth-order valence-corrected chi connectivity index (χ4v) is 2.18. The number of aromatic nitrogens is 2. The molecule has 0 radical (unpaired) electrons. The summed E-state index contributed by atoms with van der Waals surface area (Å²) < 4.78 is 0. The minimum absolute atomic E-state index is 1.05. The van der Waals surface area contributed by atoms with Crippen LogP contribution in [0, 0.1) is 0 Å². The lowest BCUT2D eigenvalue weighted by Gasteiger charge is -2.17. The SMILES string of the molecule is CC.CC.CCc1n[nH]c2c1CN(CC)CCC2. The van der Waals surface area contributed by atoms with Crippen molar-refractivity contribution in [1.29, 1.82) is 0 Å². The average molecular weight is 253 g/mol. The Morgan fingerprint density at radius 3 is 2.39 bits per heavy atom. The summed E-state index contributed by atoms with van der Waals surface area (Å²) >= 11 is 0. The van der Waals surface area contributed by atoms with Gasteiger partial charge in [0.15, 0.2) is 0 Å². The summed E-state index contributed by atoms with van der Waals surface area (Å²) in [7, 11) is 0. The van der Waals surface area contributed by atoms with E-state index in [-0.39, 0.29) is 0 Å². The molecule has 0 atom stereocenters. The number of aryl methyl sites for hydroxylation is 2. The molecule has 3 nitrogen and oxygen atoms in total. The molecule has 0 aromatic carbocycles. The van der Waals surface area contributed by atoms with E-state index in [4.69, 9.17) is 0 Å². The van der Waals surface area contributed by atoms with Crippen molar-refractivity contribution in [3.05, 3.63) is 17.0 Å². The summed E-state index contributed by atoms with van der Waals surface area (Å²) in [4.78, 5) is 2.50. The van der Waals surface area contributed by atoms with Gasteiger partial charge in [0.25, 0.3) is 0 Å². The molecule has 1 N–H and O–H groups in total. The molecule has 1 aromatic heterocycles. The number of aromatic amines is 1. The molecule has 0 aliphatic carbocycles. The van der Waals surface area contributed by atoms with E-state index >= 15 is 0 Å². The van der Waals surface area contributed by atoms with E-state index in [1.165, 1.54) is 36.3 Å². The summed E-state index contributed by atoms with van der Waals surface area (Å²) in [5.74, 6) is 0. The van der Waals surface area contributed by atoms with Gasteiger partial charge in [0.2, 0.25) is 0 Å². The van der Waals surface area contributed by atoms with Crippen LogP contribution in [0.4, 0.5) is 0 Å². The zero-order chi connectivity index (χ0) is 14.0. The second-order valence-electron chi connectivity index (χ2n) is 3.95. The van der Waals surface area contributed by atoms with Gasteiger partial charge in [0, 0.05) is 17.8 Å². The lowest BCUT2D eigenvalue weighted by Crippen LogP contribution is -2.22. The molecule has 2 rings (SSSR count). The van der Waals surface area contributed by atoms with Crippen LogP contribution >= 0.6 is 0 Å². The van der Waals surface area contributed by atoms with E-state index in [0.29, 0.717) is 0 Å². The molecule has 1 aliphatic heterocycles. The third-order valence-electron chi connectivity index (χ3n) is 3.10. The van der Waals surface area contributed by atoms with Gasteiger partial charge >= 0.3 is 0 Å². The molecule has 0 fully saturated rings. The van der Waals surface area contributed by atoms with Crippen LogP contribution in [0.3, 0.4) is 0 Å². The van der Waals surface area contributed by atoms with Gasteiger partial charge in [0.1, 0.15) is 0 Å². The molecular formula is C15H31N3. The first-order chi connectivity index (χ1) is 8.85. The molecule has 0 saturated heterocycles. The Labute approximate surface area is 113 Å². The second kappa shape index (κ2) is 10.1. The van der Waals surface area contributed by atoms with Crippen molar-refractivity contribution in [3.63, 3.8) is 0 Å². The maximum absolute atomic E-state index is 4.38. The summed E-state index contributed by atoms with van der Waals surface area (Å²) in [6, 6.07) is 0. The van der Waals surface area contributed by atoms with Gasteiger partial charge < -0.3 is 0 Å². The molecule has 2 heterocycles. The average Bonchev–Trinajstić information content (AvgIpc) is 2.72. The number of hydrogen-bond acceptors (Lipinski definition) is 2. The van der Waals surface area contributed by atoms with Crippen molar-refractivity contribution in [2.45, 2.75) is 67.3 Å². The largest absolute Gasteiger partial charge is 0.299 e. The van der Waals surface area contributed by atoms with E-state index in [9.17, 15) is 0 Å².